The summed E-state index contributed by atoms with van der Waals surface area (Å²) in [5, 5.41) is 16.4. The second-order valence-electron chi connectivity index (χ2n) is 3.38. The minimum absolute atomic E-state index is 0. The molecule has 0 saturated heterocycles. The van der Waals surface area contributed by atoms with Crippen LogP contribution in [0.1, 0.15) is 25.5 Å². The molecule has 1 heterocycles. The van der Waals surface area contributed by atoms with Crippen molar-refractivity contribution >= 4 is 18.4 Å². The fourth-order valence-corrected chi connectivity index (χ4v) is 1.26. The highest BCUT2D eigenvalue weighted by Gasteiger charge is 2.26. The van der Waals surface area contributed by atoms with Crippen molar-refractivity contribution < 1.29 is 9.90 Å². The zero-order valence-corrected chi connectivity index (χ0v) is 9.15. The van der Waals surface area contributed by atoms with Gasteiger partial charge in [0.05, 0.1) is 5.69 Å². The molecule has 0 saturated carbocycles. The summed E-state index contributed by atoms with van der Waals surface area (Å²) in [6, 6.07) is 0. The van der Waals surface area contributed by atoms with Gasteiger partial charge in [-0.3, -0.25) is 9.48 Å². The van der Waals surface area contributed by atoms with E-state index in [0.717, 1.165) is 0 Å². The normalized spacial score (nSPS) is 12.3. The minimum atomic E-state index is -0.851. The Kier molecular flexibility index (Phi) is 4.56. The Hall–Kier alpha value is -1.10. The maximum Gasteiger partial charge on any atom is 0.312 e. The molecule has 1 aromatic rings. The molecule has 0 amide bonds. The van der Waals surface area contributed by atoms with Crippen molar-refractivity contribution in [3.05, 3.63) is 11.9 Å². The Bertz CT molecular complexity index is 311. The number of carboxylic acid groups (broad SMARTS) is 1. The number of aromatic nitrogens is 3. The third-order valence-electron chi connectivity index (χ3n) is 1.87. The number of hydrogen-bond acceptors (Lipinski definition) is 3. The van der Waals surface area contributed by atoms with Crippen LogP contribution >= 0.6 is 12.4 Å². The summed E-state index contributed by atoms with van der Waals surface area (Å²) in [7, 11) is 1.72. The fraction of sp³-hybridized carbons (Fsp3) is 0.625. The Balaban J connectivity index is 0.00000169. The molecule has 0 aliphatic rings. The second-order valence-corrected chi connectivity index (χ2v) is 3.38. The molecule has 0 radical (unpaired) electrons. The van der Waals surface area contributed by atoms with Crippen LogP contribution in [-0.4, -0.2) is 26.1 Å². The lowest BCUT2D eigenvalue weighted by molar-refractivity contribution is -0.140. The molecule has 1 atom stereocenters. The zero-order valence-electron chi connectivity index (χ0n) is 8.34. The van der Waals surface area contributed by atoms with Gasteiger partial charge in [0.15, 0.2) is 0 Å². The number of carboxylic acids is 1. The van der Waals surface area contributed by atoms with Crippen molar-refractivity contribution in [3.63, 3.8) is 0 Å². The first-order chi connectivity index (χ1) is 6.02. The summed E-state index contributed by atoms with van der Waals surface area (Å²) < 4.78 is 1.51. The average molecular weight is 220 g/mol. The summed E-state index contributed by atoms with van der Waals surface area (Å²) in [5.74, 6) is -1.39. The SMILES string of the molecule is CC(C)C(C(=O)O)c1cn(C)nn1.Cl. The smallest absolute Gasteiger partial charge is 0.312 e. The number of aliphatic carboxylic acids is 1. The molecule has 14 heavy (non-hydrogen) atoms. The van der Waals surface area contributed by atoms with Crippen LogP contribution in [0.4, 0.5) is 0 Å². The van der Waals surface area contributed by atoms with Crippen LogP contribution in [0.5, 0.6) is 0 Å². The predicted octanol–water partition coefficient (Wildman–Crippen LogP) is 1.06. The number of nitrogens with zero attached hydrogens (tertiary/aromatic N) is 3. The highest BCUT2D eigenvalue weighted by molar-refractivity contribution is 5.85. The van der Waals surface area contributed by atoms with Gasteiger partial charge in [0.2, 0.25) is 0 Å². The number of rotatable bonds is 3. The van der Waals surface area contributed by atoms with E-state index in [4.69, 9.17) is 5.11 Å². The summed E-state index contributed by atoms with van der Waals surface area (Å²) in [5.41, 5.74) is 0.519. The topological polar surface area (TPSA) is 68.0 Å². The van der Waals surface area contributed by atoms with Gasteiger partial charge in [0.1, 0.15) is 5.92 Å². The molecule has 0 aromatic carbocycles. The maximum atomic E-state index is 10.9. The second kappa shape index (κ2) is 4.95. The van der Waals surface area contributed by atoms with Crippen LogP contribution in [0.15, 0.2) is 6.20 Å². The first kappa shape index (κ1) is 12.9. The molecule has 0 aliphatic heterocycles. The average Bonchev–Trinajstić information content (AvgIpc) is 2.34. The van der Waals surface area contributed by atoms with E-state index in [1.165, 1.54) is 4.68 Å². The highest BCUT2D eigenvalue weighted by Crippen LogP contribution is 2.21. The van der Waals surface area contributed by atoms with Crippen molar-refractivity contribution in [2.24, 2.45) is 13.0 Å². The number of hydrogen-bond donors (Lipinski definition) is 1. The van der Waals surface area contributed by atoms with Crippen LogP contribution in [0.3, 0.4) is 0 Å². The number of carbonyl (C=O) groups is 1. The van der Waals surface area contributed by atoms with Crippen LogP contribution in [0.25, 0.3) is 0 Å². The van der Waals surface area contributed by atoms with Crippen LogP contribution in [0.2, 0.25) is 0 Å². The molecule has 0 spiro atoms. The van der Waals surface area contributed by atoms with E-state index in [9.17, 15) is 4.79 Å². The Morgan fingerprint density at radius 2 is 2.14 bits per heavy atom. The molecule has 0 bridgehead atoms. The van der Waals surface area contributed by atoms with Crippen LogP contribution < -0.4 is 0 Å². The fourth-order valence-electron chi connectivity index (χ4n) is 1.26. The summed E-state index contributed by atoms with van der Waals surface area (Å²) in [6.07, 6.45) is 1.64. The zero-order chi connectivity index (χ0) is 10.0. The van der Waals surface area contributed by atoms with Gasteiger partial charge < -0.3 is 5.11 Å². The number of aryl methyl sites for hydroxylation is 1. The van der Waals surface area contributed by atoms with E-state index in [1.54, 1.807) is 13.2 Å². The standard InChI is InChI=1S/C8H13N3O2.ClH/c1-5(2)7(8(12)13)6-4-11(3)10-9-6;/h4-5,7H,1-3H3,(H,12,13);1H. The molecule has 1 unspecified atom stereocenters. The van der Waals surface area contributed by atoms with Gasteiger partial charge in [-0.25, -0.2) is 0 Å². The van der Waals surface area contributed by atoms with E-state index in [1.807, 2.05) is 13.8 Å². The lowest BCUT2D eigenvalue weighted by atomic mass is 9.93. The Morgan fingerprint density at radius 3 is 2.43 bits per heavy atom. The van der Waals surface area contributed by atoms with Crippen molar-refractivity contribution in [2.75, 3.05) is 0 Å². The van der Waals surface area contributed by atoms with E-state index < -0.39 is 11.9 Å². The molecular weight excluding hydrogens is 206 g/mol. The van der Waals surface area contributed by atoms with Crippen LogP contribution in [0, 0.1) is 5.92 Å². The highest BCUT2D eigenvalue weighted by atomic mass is 35.5. The lowest BCUT2D eigenvalue weighted by Crippen LogP contribution is -2.17. The molecule has 5 nitrogen and oxygen atoms in total. The van der Waals surface area contributed by atoms with Crippen molar-refractivity contribution in [2.45, 2.75) is 19.8 Å². The Morgan fingerprint density at radius 1 is 1.57 bits per heavy atom. The van der Waals surface area contributed by atoms with Gasteiger partial charge in [-0.1, -0.05) is 19.1 Å². The molecule has 0 aliphatic carbocycles. The maximum absolute atomic E-state index is 10.9. The lowest BCUT2D eigenvalue weighted by Gasteiger charge is -2.12. The molecule has 6 heteroatoms. The molecule has 1 N–H and O–H groups in total. The molecule has 80 valence electrons. The molecule has 1 rings (SSSR count). The van der Waals surface area contributed by atoms with Crippen molar-refractivity contribution in [1.29, 1.82) is 0 Å². The minimum Gasteiger partial charge on any atom is -0.481 e. The van der Waals surface area contributed by atoms with Crippen molar-refractivity contribution in [1.82, 2.24) is 15.0 Å². The van der Waals surface area contributed by atoms with Gasteiger partial charge in [-0.2, -0.15) is 0 Å². The van der Waals surface area contributed by atoms with Gasteiger partial charge in [-0.15, -0.1) is 17.5 Å². The summed E-state index contributed by atoms with van der Waals surface area (Å²) in [6.45, 7) is 3.71. The van der Waals surface area contributed by atoms with E-state index in [-0.39, 0.29) is 18.3 Å². The van der Waals surface area contributed by atoms with Gasteiger partial charge >= 0.3 is 5.97 Å². The monoisotopic (exact) mass is 219 g/mol. The quantitative estimate of drug-likeness (QED) is 0.826. The van der Waals surface area contributed by atoms with E-state index >= 15 is 0 Å². The van der Waals surface area contributed by atoms with E-state index in [0.29, 0.717) is 5.69 Å². The van der Waals surface area contributed by atoms with Gasteiger partial charge in [-0.05, 0) is 5.92 Å². The first-order valence-corrected chi connectivity index (χ1v) is 4.11. The molecule has 1 aromatic heterocycles. The largest absolute Gasteiger partial charge is 0.481 e. The summed E-state index contributed by atoms with van der Waals surface area (Å²) >= 11 is 0. The summed E-state index contributed by atoms with van der Waals surface area (Å²) in [4.78, 5) is 10.9. The van der Waals surface area contributed by atoms with Crippen molar-refractivity contribution in [3.8, 4) is 0 Å². The third kappa shape index (κ3) is 2.70. The van der Waals surface area contributed by atoms with Gasteiger partial charge in [0.25, 0.3) is 0 Å². The molecule has 0 fully saturated rings. The predicted molar refractivity (Wildman–Crippen MR) is 53.5 cm³/mol. The molecular formula is C8H14ClN3O2. The number of halogens is 1. The van der Waals surface area contributed by atoms with E-state index in [2.05, 4.69) is 10.3 Å². The third-order valence-corrected chi connectivity index (χ3v) is 1.87. The first-order valence-electron chi connectivity index (χ1n) is 4.11. The van der Waals surface area contributed by atoms with Crippen LogP contribution in [-0.2, 0) is 11.8 Å². The van der Waals surface area contributed by atoms with Gasteiger partial charge in [0, 0.05) is 13.2 Å². The Labute approximate surface area is 88.5 Å².